The minimum Gasteiger partial charge on any atom is -0.526 e. The molecule has 1 rings (SSSR count). The zero-order valence-corrected chi connectivity index (χ0v) is 10.3. The van der Waals surface area contributed by atoms with E-state index in [1.807, 2.05) is 12.8 Å². The van der Waals surface area contributed by atoms with Gasteiger partial charge in [0.25, 0.3) is 0 Å². The molecule has 3 heteroatoms. The van der Waals surface area contributed by atoms with Crippen molar-refractivity contribution in [2.24, 2.45) is 5.92 Å². The molecule has 1 fully saturated rings. The lowest BCUT2D eigenvalue weighted by Gasteiger charge is -2.09. The van der Waals surface area contributed by atoms with E-state index in [2.05, 4.69) is 6.08 Å². The van der Waals surface area contributed by atoms with Gasteiger partial charge in [0, 0.05) is 7.11 Å². The van der Waals surface area contributed by atoms with Gasteiger partial charge in [-0.1, -0.05) is 25.7 Å². The molecule has 1 aliphatic rings. The molecule has 0 bridgehead atoms. The third kappa shape index (κ3) is 4.82. The molecule has 1 radical (unpaired) electrons. The summed E-state index contributed by atoms with van der Waals surface area (Å²) in [6.07, 6.45) is 12.3. The zero-order valence-electron chi connectivity index (χ0n) is 9.29. The molecule has 0 spiro atoms. The molecule has 81 valence electrons. The van der Waals surface area contributed by atoms with Crippen molar-refractivity contribution >= 4 is 9.28 Å². The second kappa shape index (κ2) is 7.07. The van der Waals surface area contributed by atoms with Crippen LogP contribution in [0.3, 0.4) is 0 Å². The van der Waals surface area contributed by atoms with E-state index >= 15 is 0 Å². The molecular weight excluding hydrogens is 192 g/mol. The normalized spacial score (nSPS) is 20.2. The molecule has 0 atom stereocenters. The molecular formula is C11H21O2Si. The first-order chi connectivity index (χ1) is 6.83. The van der Waals surface area contributed by atoms with Crippen molar-refractivity contribution < 1.29 is 8.85 Å². The van der Waals surface area contributed by atoms with E-state index in [9.17, 15) is 0 Å². The van der Waals surface area contributed by atoms with Crippen molar-refractivity contribution in [3.05, 3.63) is 12.3 Å². The summed E-state index contributed by atoms with van der Waals surface area (Å²) in [5.74, 6) is 0.740. The van der Waals surface area contributed by atoms with Gasteiger partial charge < -0.3 is 8.85 Å². The average molecular weight is 213 g/mol. The van der Waals surface area contributed by atoms with Crippen molar-refractivity contribution in [1.29, 1.82) is 0 Å². The topological polar surface area (TPSA) is 18.5 Å². The summed E-state index contributed by atoms with van der Waals surface area (Å²) in [6.45, 7) is 2.00. The molecule has 0 aromatic heterocycles. The Labute approximate surface area is 89.1 Å². The summed E-state index contributed by atoms with van der Waals surface area (Å²) in [6, 6.07) is 0. The first-order valence-corrected chi connectivity index (χ1v) is 7.35. The van der Waals surface area contributed by atoms with E-state index in [0.29, 0.717) is 0 Å². The molecule has 0 aliphatic heterocycles. The Morgan fingerprint density at radius 3 is 2.36 bits per heavy atom. The van der Waals surface area contributed by atoms with Crippen LogP contribution in [0.25, 0.3) is 0 Å². The van der Waals surface area contributed by atoms with Crippen molar-refractivity contribution in [2.75, 3.05) is 7.11 Å². The lowest BCUT2D eigenvalue weighted by molar-refractivity contribution is 0.311. The lowest BCUT2D eigenvalue weighted by atomic mass is 10.0. The molecule has 0 N–H and O–H groups in total. The SMILES string of the molecule is CO[Si](C)OC=CC1CCCCCC1. The Morgan fingerprint density at radius 1 is 1.14 bits per heavy atom. The highest BCUT2D eigenvalue weighted by Crippen LogP contribution is 2.23. The third-order valence-corrected chi connectivity index (χ3v) is 3.81. The van der Waals surface area contributed by atoms with Gasteiger partial charge in [-0.05, 0) is 31.4 Å². The molecule has 2 nitrogen and oxygen atoms in total. The highest BCUT2D eigenvalue weighted by molar-refractivity contribution is 6.42. The molecule has 0 heterocycles. The van der Waals surface area contributed by atoms with Crippen molar-refractivity contribution in [3.63, 3.8) is 0 Å². The summed E-state index contributed by atoms with van der Waals surface area (Å²) in [5, 5.41) is 0. The maximum atomic E-state index is 5.43. The van der Waals surface area contributed by atoms with Gasteiger partial charge in [-0.3, -0.25) is 0 Å². The number of hydrogen-bond acceptors (Lipinski definition) is 2. The largest absolute Gasteiger partial charge is 0.526 e. The Hall–Kier alpha value is -0.283. The number of allylic oxidation sites excluding steroid dienone is 1. The van der Waals surface area contributed by atoms with Gasteiger partial charge in [0.15, 0.2) is 0 Å². The summed E-state index contributed by atoms with van der Waals surface area (Å²) >= 11 is 0. The molecule has 1 aliphatic carbocycles. The standard InChI is InChI=1S/C11H21O2Si/c1-12-14(2)13-10-9-11-7-5-3-4-6-8-11/h9-11H,3-8H2,1-2H3. The second-order valence-corrected chi connectivity index (χ2v) is 5.52. The molecule has 1 saturated carbocycles. The summed E-state index contributed by atoms with van der Waals surface area (Å²) < 4.78 is 10.5. The summed E-state index contributed by atoms with van der Waals surface area (Å²) in [5.41, 5.74) is 0. The fourth-order valence-electron chi connectivity index (χ4n) is 1.80. The monoisotopic (exact) mass is 213 g/mol. The van der Waals surface area contributed by atoms with Gasteiger partial charge in [-0.2, -0.15) is 0 Å². The van der Waals surface area contributed by atoms with E-state index in [-0.39, 0.29) is 0 Å². The smallest absolute Gasteiger partial charge is 0.453 e. The number of rotatable bonds is 4. The molecule has 0 amide bonds. The first-order valence-electron chi connectivity index (χ1n) is 5.54. The fraction of sp³-hybridized carbons (Fsp3) is 0.818. The maximum absolute atomic E-state index is 5.43. The van der Waals surface area contributed by atoms with Crippen LogP contribution in [0.4, 0.5) is 0 Å². The fourth-order valence-corrected chi connectivity index (χ4v) is 2.16. The molecule has 0 aromatic carbocycles. The predicted octanol–water partition coefficient (Wildman–Crippen LogP) is 3.25. The Kier molecular flexibility index (Phi) is 5.95. The quantitative estimate of drug-likeness (QED) is 0.405. The highest BCUT2D eigenvalue weighted by Gasteiger charge is 2.09. The first kappa shape index (κ1) is 11.8. The van der Waals surface area contributed by atoms with Crippen LogP contribution in [-0.2, 0) is 8.85 Å². The minimum atomic E-state index is -1.03. The van der Waals surface area contributed by atoms with Gasteiger partial charge in [0.1, 0.15) is 0 Å². The molecule has 0 unspecified atom stereocenters. The summed E-state index contributed by atoms with van der Waals surface area (Å²) in [7, 11) is 0.677. The Bertz CT molecular complexity index is 163. The van der Waals surface area contributed by atoms with Crippen molar-refractivity contribution in [2.45, 2.75) is 45.1 Å². The van der Waals surface area contributed by atoms with Gasteiger partial charge in [-0.15, -0.1) is 0 Å². The van der Waals surface area contributed by atoms with Crippen LogP contribution in [0.1, 0.15) is 38.5 Å². The predicted molar refractivity (Wildman–Crippen MR) is 60.0 cm³/mol. The minimum absolute atomic E-state index is 0.740. The average Bonchev–Trinajstić information content (AvgIpc) is 2.46. The van der Waals surface area contributed by atoms with E-state index in [1.165, 1.54) is 38.5 Å². The van der Waals surface area contributed by atoms with Crippen molar-refractivity contribution in [3.8, 4) is 0 Å². The lowest BCUT2D eigenvalue weighted by Crippen LogP contribution is -2.12. The zero-order chi connectivity index (χ0) is 10.2. The Morgan fingerprint density at radius 2 is 1.79 bits per heavy atom. The van der Waals surface area contributed by atoms with Crippen LogP contribution in [-0.4, -0.2) is 16.4 Å². The van der Waals surface area contributed by atoms with Gasteiger partial charge in [-0.25, -0.2) is 0 Å². The van der Waals surface area contributed by atoms with Gasteiger partial charge in [0.2, 0.25) is 0 Å². The second-order valence-electron chi connectivity index (χ2n) is 3.89. The molecule has 0 aromatic rings. The Balaban J connectivity index is 2.20. The van der Waals surface area contributed by atoms with Crippen LogP contribution in [0, 0.1) is 5.92 Å². The van der Waals surface area contributed by atoms with Gasteiger partial charge in [0.05, 0.1) is 6.26 Å². The van der Waals surface area contributed by atoms with Gasteiger partial charge >= 0.3 is 9.28 Å². The van der Waals surface area contributed by atoms with E-state index in [0.717, 1.165) is 5.92 Å². The van der Waals surface area contributed by atoms with E-state index in [1.54, 1.807) is 7.11 Å². The van der Waals surface area contributed by atoms with E-state index in [4.69, 9.17) is 8.85 Å². The van der Waals surface area contributed by atoms with Crippen molar-refractivity contribution in [1.82, 2.24) is 0 Å². The van der Waals surface area contributed by atoms with Crippen LogP contribution in [0.5, 0.6) is 0 Å². The number of hydrogen-bond donors (Lipinski definition) is 0. The van der Waals surface area contributed by atoms with Crippen LogP contribution in [0.2, 0.25) is 6.55 Å². The van der Waals surface area contributed by atoms with Crippen LogP contribution >= 0.6 is 0 Å². The van der Waals surface area contributed by atoms with Crippen LogP contribution in [0.15, 0.2) is 12.3 Å². The molecule has 14 heavy (non-hydrogen) atoms. The molecule has 0 saturated heterocycles. The summed E-state index contributed by atoms with van der Waals surface area (Å²) in [4.78, 5) is 0. The third-order valence-electron chi connectivity index (χ3n) is 2.77. The van der Waals surface area contributed by atoms with Crippen LogP contribution < -0.4 is 0 Å². The maximum Gasteiger partial charge on any atom is 0.453 e. The van der Waals surface area contributed by atoms with E-state index < -0.39 is 9.28 Å². The highest BCUT2D eigenvalue weighted by atomic mass is 28.3.